The molecule has 34 heavy (non-hydrogen) atoms. The van der Waals surface area contributed by atoms with E-state index < -0.39 is 41.0 Å². The minimum Gasteiger partial charge on any atom is -0.481 e. The fraction of sp³-hybridized carbons (Fsp3) is 0.500. The van der Waals surface area contributed by atoms with Gasteiger partial charge >= 0.3 is 11.9 Å². The smallest absolute Gasteiger partial charge is 0.326 e. The van der Waals surface area contributed by atoms with Crippen LogP contribution in [0.5, 0.6) is 0 Å². The normalized spacial score (nSPS) is 16.6. The second kappa shape index (κ2) is 11.2. The van der Waals surface area contributed by atoms with Crippen LogP contribution in [0.2, 0.25) is 0 Å². The van der Waals surface area contributed by atoms with Crippen LogP contribution >= 0.6 is 0 Å². The number of halogens is 1. The quantitative estimate of drug-likeness (QED) is 0.424. The summed E-state index contributed by atoms with van der Waals surface area (Å²) in [4.78, 5) is 41.0. The molecule has 3 N–H and O–H groups in total. The second-order valence-electron chi connectivity index (χ2n) is 8.70. The van der Waals surface area contributed by atoms with Gasteiger partial charge in [0.1, 0.15) is 11.9 Å². The van der Waals surface area contributed by atoms with Gasteiger partial charge in [0, 0.05) is 19.3 Å². The fourth-order valence-electron chi connectivity index (χ4n) is 4.46. The maximum atomic E-state index is 13.3. The second-order valence-corrected chi connectivity index (χ2v) is 8.70. The Labute approximate surface area is 196 Å². The fourth-order valence-corrected chi connectivity index (χ4v) is 4.46. The monoisotopic (exact) mass is 476 g/mol. The van der Waals surface area contributed by atoms with Crippen molar-refractivity contribution in [3.05, 3.63) is 42.2 Å². The van der Waals surface area contributed by atoms with Crippen LogP contribution in [0.1, 0.15) is 44.4 Å². The van der Waals surface area contributed by atoms with Gasteiger partial charge in [-0.25, -0.2) is 14.2 Å². The van der Waals surface area contributed by atoms with E-state index in [0.29, 0.717) is 24.2 Å². The highest BCUT2D eigenvalue weighted by atomic mass is 19.1. The summed E-state index contributed by atoms with van der Waals surface area (Å²) >= 11 is 0. The van der Waals surface area contributed by atoms with Crippen LogP contribution < -0.4 is 5.32 Å². The molecule has 0 radical (unpaired) electrons. The largest absolute Gasteiger partial charge is 0.481 e. The third-order valence-electron chi connectivity index (χ3n) is 6.36. The zero-order chi connectivity index (χ0) is 24.7. The van der Waals surface area contributed by atoms with E-state index >= 15 is 0 Å². The van der Waals surface area contributed by atoms with Crippen molar-refractivity contribution < 1.29 is 38.1 Å². The molecule has 1 unspecified atom stereocenters. The topological polar surface area (TPSA) is 139 Å². The van der Waals surface area contributed by atoms with Gasteiger partial charge in [0.25, 0.3) is 0 Å². The first-order chi connectivity index (χ1) is 16.2. The van der Waals surface area contributed by atoms with E-state index in [1.165, 1.54) is 37.6 Å². The highest BCUT2D eigenvalue weighted by Gasteiger charge is 2.45. The lowest BCUT2D eigenvalue weighted by atomic mass is 9.75. The van der Waals surface area contributed by atoms with Gasteiger partial charge in [0.2, 0.25) is 5.91 Å². The van der Waals surface area contributed by atoms with E-state index in [4.69, 9.17) is 9.15 Å². The van der Waals surface area contributed by atoms with Gasteiger partial charge in [-0.3, -0.25) is 9.59 Å². The molecule has 1 amide bonds. The number of oxazole rings is 1. The predicted molar refractivity (Wildman–Crippen MR) is 118 cm³/mol. The molecule has 3 rings (SSSR count). The van der Waals surface area contributed by atoms with Crippen molar-refractivity contribution in [3.63, 3.8) is 0 Å². The molecule has 2 aromatic rings. The number of aliphatic carboxylic acids is 2. The Morgan fingerprint density at radius 3 is 2.44 bits per heavy atom. The molecule has 9 nitrogen and oxygen atoms in total. The summed E-state index contributed by atoms with van der Waals surface area (Å²) in [5, 5.41) is 21.9. The molecule has 0 saturated heterocycles. The molecular formula is C24H29FN2O7. The summed E-state index contributed by atoms with van der Waals surface area (Å²) in [7, 11) is 1.48. The number of hydrogen-bond donors (Lipinski definition) is 3. The van der Waals surface area contributed by atoms with Gasteiger partial charge in [0.15, 0.2) is 11.7 Å². The van der Waals surface area contributed by atoms with Crippen LogP contribution in [-0.2, 0) is 25.5 Å². The summed E-state index contributed by atoms with van der Waals surface area (Å²) < 4.78 is 23.8. The van der Waals surface area contributed by atoms with E-state index in [0.717, 1.165) is 12.8 Å². The van der Waals surface area contributed by atoms with Gasteiger partial charge in [-0.1, -0.05) is 12.8 Å². The van der Waals surface area contributed by atoms with Crippen molar-refractivity contribution in [2.24, 2.45) is 11.3 Å². The van der Waals surface area contributed by atoms with Crippen molar-refractivity contribution in [2.75, 3.05) is 13.7 Å². The Morgan fingerprint density at radius 1 is 1.18 bits per heavy atom. The van der Waals surface area contributed by atoms with Crippen molar-refractivity contribution in [1.29, 1.82) is 0 Å². The van der Waals surface area contributed by atoms with Gasteiger partial charge in [-0.15, -0.1) is 0 Å². The maximum absolute atomic E-state index is 13.3. The first-order valence-electron chi connectivity index (χ1n) is 11.2. The summed E-state index contributed by atoms with van der Waals surface area (Å²) in [5.74, 6) is -3.43. The van der Waals surface area contributed by atoms with E-state index in [9.17, 15) is 29.0 Å². The highest BCUT2D eigenvalue weighted by molar-refractivity contribution is 5.88. The Morgan fingerprint density at radius 2 is 1.85 bits per heavy atom. The van der Waals surface area contributed by atoms with Gasteiger partial charge < -0.3 is 24.7 Å². The number of aromatic nitrogens is 1. The van der Waals surface area contributed by atoms with Crippen molar-refractivity contribution in [3.8, 4) is 11.3 Å². The zero-order valence-electron chi connectivity index (χ0n) is 19.0. The molecule has 1 heterocycles. The number of carboxylic acids is 2. The van der Waals surface area contributed by atoms with Crippen molar-refractivity contribution in [1.82, 2.24) is 10.3 Å². The number of carbonyl (C=O) groups is 3. The van der Waals surface area contributed by atoms with Crippen LogP contribution in [0.25, 0.3) is 11.3 Å². The molecule has 2 atom stereocenters. The Balaban J connectivity index is 1.72. The Kier molecular flexibility index (Phi) is 8.38. The lowest BCUT2D eigenvalue weighted by molar-refractivity contribution is -0.147. The summed E-state index contributed by atoms with van der Waals surface area (Å²) in [5.41, 5.74) is -0.364. The number of ether oxygens (including phenoxy) is 1. The number of amides is 1. The predicted octanol–water partition coefficient (Wildman–Crippen LogP) is 3.28. The Hall–Kier alpha value is -3.27. The molecule has 10 heteroatoms. The van der Waals surface area contributed by atoms with Crippen LogP contribution in [0, 0.1) is 17.2 Å². The minimum absolute atomic E-state index is 0.107. The van der Waals surface area contributed by atoms with Crippen LogP contribution in [0.4, 0.5) is 4.39 Å². The average molecular weight is 477 g/mol. The van der Waals surface area contributed by atoms with E-state index in [2.05, 4.69) is 10.3 Å². The number of carboxylic acid groups (broad SMARTS) is 2. The molecule has 1 aliphatic carbocycles. The number of carbonyl (C=O) groups excluding carboxylic acids is 1. The molecule has 1 aliphatic rings. The van der Waals surface area contributed by atoms with Gasteiger partial charge in [-0.05, 0) is 49.9 Å². The molecule has 184 valence electrons. The third-order valence-corrected chi connectivity index (χ3v) is 6.36. The minimum atomic E-state index is -1.30. The van der Waals surface area contributed by atoms with Gasteiger partial charge in [-0.2, -0.15) is 0 Å². The number of methoxy groups -OCH3 is 1. The molecular weight excluding hydrogens is 447 g/mol. The summed E-state index contributed by atoms with van der Waals surface area (Å²) in [6.45, 7) is 0.257. The van der Waals surface area contributed by atoms with E-state index in [1.807, 2.05) is 0 Å². The lowest BCUT2D eigenvalue weighted by Gasteiger charge is -2.31. The maximum Gasteiger partial charge on any atom is 0.326 e. The molecule has 1 saturated carbocycles. The van der Waals surface area contributed by atoms with Crippen molar-refractivity contribution >= 4 is 17.8 Å². The van der Waals surface area contributed by atoms with E-state index in [-0.39, 0.29) is 31.8 Å². The van der Waals surface area contributed by atoms with Gasteiger partial charge in [0.05, 0.1) is 24.0 Å². The molecule has 1 aromatic carbocycles. The van der Waals surface area contributed by atoms with E-state index in [1.54, 1.807) is 0 Å². The number of benzene rings is 1. The zero-order valence-corrected chi connectivity index (χ0v) is 19.0. The number of nitrogens with one attached hydrogen (secondary N) is 1. The first-order valence-corrected chi connectivity index (χ1v) is 11.2. The molecule has 1 aromatic heterocycles. The highest BCUT2D eigenvalue weighted by Crippen LogP contribution is 2.44. The van der Waals surface area contributed by atoms with Crippen LogP contribution in [-0.4, -0.2) is 52.8 Å². The molecule has 1 fully saturated rings. The lowest BCUT2D eigenvalue weighted by Crippen LogP contribution is -2.49. The SMILES string of the molecule is COCCC(CC1(C(=O)N[C@@H](Cc2ncc(-c3ccc(F)cc3)o2)C(=O)O)CCCC1)C(=O)O. The first kappa shape index (κ1) is 25.4. The summed E-state index contributed by atoms with van der Waals surface area (Å²) in [6.07, 6.45) is 4.14. The van der Waals surface area contributed by atoms with Crippen molar-refractivity contribution in [2.45, 2.75) is 51.0 Å². The number of nitrogens with zero attached hydrogens (tertiary/aromatic N) is 1. The Bertz CT molecular complexity index is 999. The molecule has 0 bridgehead atoms. The average Bonchev–Trinajstić information content (AvgIpc) is 3.47. The van der Waals surface area contributed by atoms with Crippen LogP contribution in [0.3, 0.4) is 0 Å². The molecule has 0 spiro atoms. The third kappa shape index (κ3) is 6.19. The number of rotatable bonds is 12. The number of hydrogen-bond acceptors (Lipinski definition) is 6. The standard InChI is InChI=1S/C24H29FN2O7/c1-33-11-8-16(21(28)29)13-24(9-2-3-10-24)23(32)27-18(22(30)31)12-20-26-14-19(34-20)15-4-6-17(25)7-5-15/h4-7,14,16,18H,2-3,8-13H2,1H3,(H,27,32)(H,28,29)(H,30,31)/t16?,18-/m0/s1. The summed E-state index contributed by atoms with van der Waals surface area (Å²) in [6, 6.07) is 4.28. The van der Waals surface area contributed by atoms with Crippen LogP contribution in [0.15, 0.2) is 34.9 Å². The molecule has 0 aliphatic heterocycles.